The van der Waals surface area contributed by atoms with Gasteiger partial charge in [-0.15, -0.1) is 11.3 Å². The Hall–Kier alpha value is -3.65. The van der Waals surface area contributed by atoms with Gasteiger partial charge in [0.1, 0.15) is 22.9 Å². The Kier molecular flexibility index (Phi) is 6.74. The third kappa shape index (κ3) is 4.90. The fourth-order valence-corrected chi connectivity index (χ4v) is 4.64. The van der Waals surface area contributed by atoms with Gasteiger partial charge in [-0.3, -0.25) is 14.2 Å². The van der Waals surface area contributed by atoms with Gasteiger partial charge in [-0.05, 0) is 62.7 Å². The molecule has 0 bridgehead atoms. The molecular formula is C25H25N3O4S. The molecule has 2 aromatic carbocycles. The fraction of sp³-hybridized carbons (Fsp3) is 0.240. The minimum absolute atomic E-state index is 0.132. The summed E-state index contributed by atoms with van der Waals surface area (Å²) in [5, 5.41) is 3.34. The molecule has 33 heavy (non-hydrogen) atoms. The van der Waals surface area contributed by atoms with Crippen LogP contribution in [0.2, 0.25) is 0 Å². The number of hydrogen-bond donors (Lipinski definition) is 1. The highest BCUT2D eigenvalue weighted by molar-refractivity contribution is 7.19. The Balaban J connectivity index is 1.60. The molecule has 0 saturated carbocycles. The summed E-state index contributed by atoms with van der Waals surface area (Å²) in [6.45, 7) is 6.85. The van der Waals surface area contributed by atoms with E-state index in [0.29, 0.717) is 29.1 Å². The number of carbonyl (C=O) groups is 1. The van der Waals surface area contributed by atoms with Gasteiger partial charge in [0.2, 0.25) is 5.91 Å². The highest BCUT2D eigenvalue weighted by Gasteiger charge is 2.18. The molecule has 4 rings (SSSR count). The number of amides is 1. The molecule has 4 aromatic rings. The van der Waals surface area contributed by atoms with Crippen LogP contribution >= 0.6 is 11.3 Å². The monoisotopic (exact) mass is 463 g/mol. The van der Waals surface area contributed by atoms with Crippen molar-refractivity contribution in [2.24, 2.45) is 0 Å². The summed E-state index contributed by atoms with van der Waals surface area (Å²) in [7, 11) is 0. The Morgan fingerprint density at radius 3 is 2.21 bits per heavy atom. The zero-order chi connectivity index (χ0) is 23.4. The molecule has 2 heterocycles. The quantitative estimate of drug-likeness (QED) is 0.403. The highest BCUT2D eigenvalue weighted by atomic mass is 32.1. The van der Waals surface area contributed by atoms with E-state index in [1.807, 2.05) is 45.0 Å². The molecule has 0 aliphatic heterocycles. The summed E-state index contributed by atoms with van der Waals surface area (Å²) in [6, 6.07) is 14.8. The molecule has 0 aliphatic carbocycles. The van der Waals surface area contributed by atoms with E-state index in [4.69, 9.17) is 9.47 Å². The maximum atomic E-state index is 13.3. The number of anilines is 1. The van der Waals surface area contributed by atoms with Gasteiger partial charge in [0.15, 0.2) is 0 Å². The maximum absolute atomic E-state index is 13.3. The first kappa shape index (κ1) is 22.5. The van der Waals surface area contributed by atoms with Crippen LogP contribution in [0.3, 0.4) is 0 Å². The van der Waals surface area contributed by atoms with Gasteiger partial charge >= 0.3 is 0 Å². The molecule has 0 aliphatic rings. The van der Waals surface area contributed by atoms with Crippen molar-refractivity contribution in [3.63, 3.8) is 0 Å². The van der Waals surface area contributed by atoms with E-state index in [0.717, 1.165) is 27.5 Å². The van der Waals surface area contributed by atoms with Crippen molar-refractivity contribution in [3.05, 3.63) is 70.1 Å². The van der Waals surface area contributed by atoms with E-state index in [1.165, 1.54) is 22.2 Å². The summed E-state index contributed by atoms with van der Waals surface area (Å²) in [6.07, 6.45) is 1.43. The number of aryl methyl sites for hydroxylation is 1. The van der Waals surface area contributed by atoms with E-state index < -0.39 is 0 Å². The molecule has 170 valence electrons. The number of hydrogen-bond acceptors (Lipinski definition) is 6. The second kappa shape index (κ2) is 9.87. The fourth-order valence-electron chi connectivity index (χ4n) is 3.64. The lowest BCUT2D eigenvalue weighted by atomic mass is 10.0. The first-order valence-electron chi connectivity index (χ1n) is 10.7. The molecule has 1 N–H and O–H groups in total. The number of nitrogens with one attached hydrogen (secondary N) is 1. The van der Waals surface area contributed by atoms with Gasteiger partial charge in [0.05, 0.1) is 24.9 Å². The van der Waals surface area contributed by atoms with Gasteiger partial charge in [0, 0.05) is 16.1 Å². The second-order valence-corrected chi connectivity index (χ2v) is 8.56. The number of aromatic nitrogens is 2. The first-order valence-corrected chi connectivity index (χ1v) is 11.6. The second-order valence-electron chi connectivity index (χ2n) is 7.35. The molecule has 0 unspecified atom stereocenters. The van der Waals surface area contributed by atoms with Crippen LogP contribution in [0.4, 0.5) is 5.69 Å². The molecule has 7 nitrogen and oxygen atoms in total. The summed E-state index contributed by atoms with van der Waals surface area (Å²) in [4.78, 5) is 32.0. The third-order valence-corrected chi connectivity index (χ3v) is 6.09. The van der Waals surface area contributed by atoms with E-state index >= 15 is 0 Å². The lowest BCUT2D eigenvalue weighted by Gasteiger charge is -2.09. The van der Waals surface area contributed by atoms with E-state index in [1.54, 1.807) is 24.3 Å². The Labute approximate surface area is 195 Å². The van der Waals surface area contributed by atoms with Crippen LogP contribution in [0, 0.1) is 6.92 Å². The Morgan fingerprint density at radius 2 is 1.61 bits per heavy atom. The van der Waals surface area contributed by atoms with Gasteiger partial charge in [0.25, 0.3) is 5.56 Å². The van der Waals surface area contributed by atoms with Crippen molar-refractivity contribution in [1.29, 1.82) is 0 Å². The zero-order valence-corrected chi connectivity index (χ0v) is 19.6. The molecule has 1 amide bonds. The van der Waals surface area contributed by atoms with Crippen LogP contribution in [-0.4, -0.2) is 28.7 Å². The van der Waals surface area contributed by atoms with E-state index in [-0.39, 0.29) is 18.0 Å². The average molecular weight is 464 g/mol. The molecule has 0 atom stereocenters. The highest BCUT2D eigenvalue weighted by Crippen LogP contribution is 2.36. The van der Waals surface area contributed by atoms with Crippen molar-refractivity contribution < 1.29 is 14.3 Å². The molecule has 0 fully saturated rings. The number of ether oxygens (including phenoxy) is 2. The molecular weight excluding hydrogens is 438 g/mol. The normalized spacial score (nSPS) is 10.9. The summed E-state index contributed by atoms with van der Waals surface area (Å²) in [5.41, 5.74) is 2.15. The average Bonchev–Trinajstić information content (AvgIpc) is 3.15. The molecule has 0 saturated heterocycles. The van der Waals surface area contributed by atoms with Gasteiger partial charge < -0.3 is 14.8 Å². The summed E-state index contributed by atoms with van der Waals surface area (Å²) < 4.78 is 12.3. The predicted molar refractivity (Wildman–Crippen MR) is 131 cm³/mol. The number of benzene rings is 2. The van der Waals surface area contributed by atoms with Gasteiger partial charge in [-0.1, -0.05) is 12.1 Å². The molecule has 0 spiro atoms. The number of thiophene rings is 1. The van der Waals surface area contributed by atoms with E-state index in [9.17, 15) is 9.59 Å². The number of carbonyl (C=O) groups excluding carboxylic acids is 1. The maximum Gasteiger partial charge on any atom is 0.263 e. The van der Waals surface area contributed by atoms with Crippen LogP contribution < -0.4 is 20.3 Å². The summed E-state index contributed by atoms with van der Waals surface area (Å²) in [5.74, 6) is 1.20. The number of fused-ring (bicyclic) bond motifs is 1. The molecule has 8 heteroatoms. The van der Waals surface area contributed by atoms with E-state index in [2.05, 4.69) is 10.3 Å². The SMILES string of the molecule is CCOc1ccc(NC(=O)Cn2cnc3sc(C)c(-c4ccc(OCC)cc4)c3c2=O)cc1. The lowest BCUT2D eigenvalue weighted by Crippen LogP contribution is -2.27. The summed E-state index contributed by atoms with van der Waals surface area (Å²) >= 11 is 1.47. The molecule has 2 aromatic heterocycles. The van der Waals surface area contributed by atoms with Crippen LogP contribution in [0.25, 0.3) is 21.3 Å². The van der Waals surface area contributed by atoms with Crippen LogP contribution in [0.1, 0.15) is 18.7 Å². The topological polar surface area (TPSA) is 82.4 Å². The van der Waals surface area contributed by atoms with Crippen molar-refractivity contribution in [3.8, 4) is 22.6 Å². The van der Waals surface area contributed by atoms with Crippen molar-refractivity contribution in [2.75, 3.05) is 18.5 Å². The van der Waals surface area contributed by atoms with Crippen LogP contribution in [0.5, 0.6) is 11.5 Å². The first-order chi connectivity index (χ1) is 16.0. The standard InChI is InChI=1S/C25H25N3O4S/c1-4-31-19-10-6-17(7-11-19)22-16(3)33-24-23(22)25(30)28(15-26-24)14-21(29)27-18-8-12-20(13-9-18)32-5-2/h6-13,15H,4-5,14H2,1-3H3,(H,27,29). The Bertz CT molecular complexity index is 1330. The van der Waals surface area contributed by atoms with Crippen LogP contribution in [0.15, 0.2) is 59.7 Å². The lowest BCUT2D eigenvalue weighted by molar-refractivity contribution is -0.116. The minimum atomic E-state index is -0.308. The Morgan fingerprint density at radius 1 is 1.00 bits per heavy atom. The number of rotatable bonds is 8. The number of nitrogens with zero attached hydrogens (tertiary/aromatic N) is 2. The van der Waals surface area contributed by atoms with Crippen molar-refractivity contribution in [2.45, 2.75) is 27.3 Å². The minimum Gasteiger partial charge on any atom is -0.494 e. The van der Waals surface area contributed by atoms with Crippen molar-refractivity contribution >= 4 is 33.1 Å². The van der Waals surface area contributed by atoms with Crippen molar-refractivity contribution in [1.82, 2.24) is 9.55 Å². The predicted octanol–water partition coefficient (Wildman–Crippen LogP) is 4.87. The molecule has 0 radical (unpaired) electrons. The van der Waals surface area contributed by atoms with Gasteiger partial charge in [-0.25, -0.2) is 4.98 Å². The zero-order valence-electron chi connectivity index (χ0n) is 18.8. The van der Waals surface area contributed by atoms with Gasteiger partial charge in [-0.2, -0.15) is 0 Å². The largest absolute Gasteiger partial charge is 0.494 e. The smallest absolute Gasteiger partial charge is 0.263 e. The third-order valence-electron chi connectivity index (χ3n) is 5.07. The van der Waals surface area contributed by atoms with Crippen LogP contribution in [-0.2, 0) is 11.3 Å².